The number of nitrogens with zero attached hydrogens (tertiary/aromatic N) is 1. The van der Waals surface area contributed by atoms with Crippen molar-refractivity contribution in [2.24, 2.45) is 5.84 Å². The molecule has 2 heteroatoms. The molecule has 0 rings (SSSR count). The summed E-state index contributed by atoms with van der Waals surface area (Å²) in [5, 5.41) is 1.89. The molecule has 80 valence electrons. The number of rotatable bonds is 9. The zero-order valence-electron chi connectivity index (χ0n) is 9.39. The molecule has 0 heterocycles. The van der Waals surface area contributed by atoms with Crippen molar-refractivity contribution in [3.8, 4) is 0 Å². The van der Waals surface area contributed by atoms with Crippen molar-refractivity contribution in [1.29, 1.82) is 0 Å². The van der Waals surface area contributed by atoms with Crippen molar-refractivity contribution in [1.82, 2.24) is 5.01 Å². The number of hydrogen-bond acceptors (Lipinski definition) is 2. The smallest absolute Gasteiger partial charge is 0.0128 e. The quantitative estimate of drug-likeness (QED) is 0.341. The fourth-order valence-corrected chi connectivity index (χ4v) is 1.43. The lowest BCUT2D eigenvalue weighted by Gasteiger charge is -2.12. The maximum Gasteiger partial charge on any atom is 0.0128 e. The summed E-state index contributed by atoms with van der Waals surface area (Å²) in [7, 11) is 0. The minimum absolute atomic E-state index is 0.968. The molecule has 0 aromatic carbocycles. The molecular formula is C11H26N2. The first-order chi connectivity index (χ1) is 6.31. The maximum absolute atomic E-state index is 5.67. The van der Waals surface area contributed by atoms with Gasteiger partial charge in [0.05, 0.1) is 0 Å². The Morgan fingerprint density at radius 1 is 0.846 bits per heavy atom. The minimum Gasteiger partial charge on any atom is -0.269 e. The lowest BCUT2D eigenvalue weighted by atomic mass is 10.1. The molecule has 2 nitrogen and oxygen atoms in total. The highest BCUT2D eigenvalue weighted by Gasteiger charge is 1.94. The van der Waals surface area contributed by atoms with Crippen LogP contribution >= 0.6 is 0 Å². The Morgan fingerprint density at radius 3 is 1.92 bits per heavy atom. The van der Waals surface area contributed by atoms with Gasteiger partial charge in [-0.15, -0.1) is 0 Å². The summed E-state index contributed by atoms with van der Waals surface area (Å²) in [4.78, 5) is 0. The Hall–Kier alpha value is -0.0800. The second kappa shape index (κ2) is 10.0. The van der Waals surface area contributed by atoms with E-state index >= 15 is 0 Å². The van der Waals surface area contributed by atoms with E-state index in [1.807, 2.05) is 5.01 Å². The molecule has 0 saturated heterocycles. The number of nitrogens with two attached hydrogens (primary N) is 1. The van der Waals surface area contributed by atoms with Crippen molar-refractivity contribution in [2.75, 3.05) is 13.1 Å². The Labute approximate surface area is 83.5 Å². The van der Waals surface area contributed by atoms with Gasteiger partial charge in [-0.3, -0.25) is 5.84 Å². The van der Waals surface area contributed by atoms with Gasteiger partial charge in [0.2, 0.25) is 0 Å². The van der Waals surface area contributed by atoms with Crippen LogP contribution in [0.4, 0.5) is 0 Å². The molecule has 0 bridgehead atoms. The maximum atomic E-state index is 5.67. The van der Waals surface area contributed by atoms with Gasteiger partial charge < -0.3 is 0 Å². The molecule has 0 aromatic heterocycles. The third-order valence-electron chi connectivity index (χ3n) is 2.46. The van der Waals surface area contributed by atoms with Crippen LogP contribution in [0.15, 0.2) is 0 Å². The predicted octanol–water partition coefficient (Wildman–Crippen LogP) is 2.93. The van der Waals surface area contributed by atoms with E-state index in [0.29, 0.717) is 0 Å². The molecule has 0 amide bonds. The molecule has 0 saturated carbocycles. The van der Waals surface area contributed by atoms with E-state index in [0.717, 1.165) is 13.1 Å². The molecule has 0 aliphatic rings. The number of unbranched alkanes of at least 4 members (excludes halogenated alkanes) is 6. The van der Waals surface area contributed by atoms with Gasteiger partial charge in [-0.05, 0) is 6.42 Å². The van der Waals surface area contributed by atoms with Gasteiger partial charge in [0.15, 0.2) is 0 Å². The molecule has 0 radical (unpaired) electrons. The molecule has 13 heavy (non-hydrogen) atoms. The largest absolute Gasteiger partial charge is 0.269 e. The van der Waals surface area contributed by atoms with Crippen molar-refractivity contribution >= 4 is 0 Å². The van der Waals surface area contributed by atoms with E-state index in [1.165, 1.54) is 44.9 Å². The van der Waals surface area contributed by atoms with Crippen LogP contribution in [0.5, 0.6) is 0 Å². The predicted molar refractivity (Wildman–Crippen MR) is 59.4 cm³/mol. The van der Waals surface area contributed by atoms with Crippen molar-refractivity contribution in [3.63, 3.8) is 0 Å². The Kier molecular flexibility index (Phi) is 9.94. The normalized spacial score (nSPS) is 11.1. The van der Waals surface area contributed by atoms with Gasteiger partial charge >= 0.3 is 0 Å². The molecule has 0 aliphatic carbocycles. The van der Waals surface area contributed by atoms with Crippen molar-refractivity contribution in [3.05, 3.63) is 0 Å². The Morgan fingerprint density at radius 2 is 1.38 bits per heavy atom. The summed E-state index contributed by atoms with van der Waals surface area (Å²) in [5.74, 6) is 5.67. The van der Waals surface area contributed by atoms with E-state index in [-0.39, 0.29) is 0 Å². The molecule has 0 fully saturated rings. The van der Waals surface area contributed by atoms with Crippen LogP contribution in [0, 0.1) is 0 Å². The van der Waals surface area contributed by atoms with Gasteiger partial charge in [0, 0.05) is 13.1 Å². The SMILES string of the molecule is CCCCCCCCCN(N)CC. The van der Waals surface area contributed by atoms with Gasteiger partial charge in [-0.1, -0.05) is 52.4 Å². The third-order valence-corrected chi connectivity index (χ3v) is 2.46. The average molecular weight is 186 g/mol. The van der Waals surface area contributed by atoms with E-state index in [1.54, 1.807) is 0 Å². The molecule has 0 atom stereocenters. The summed E-state index contributed by atoms with van der Waals surface area (Å²) in [6.45, 7) is 6.38. The lowest BCUT2D eigenvalue weighted by molar-refractivity contribution is 0.290. The summed E-state index contributed by atoms with van der Waals surface area (Å²) < 4.78 is 0. The number of hydrogen-bond donors (Lipinski definition) is 1. The fourth-order valence-electron chi connectivity index (χ4n) is 1.43. The van der Waals surface area contributed by atoms with Crippen LogP contribution < -0.4 is 5.84 Å². The van der Waals surface area contributed by atoms with Crippen LogP contribution in [0.2, 0.25) is 0 Å². The van der Waals surface area contributed by atoms with Crippen LogP contribution in [-0.2, 0) is 0 Å². The highest BCUT2D eigenvalue weighted by molar-refractivity contribution is 4.48. The Bertz CT molecular complexity index is 94.1. The monoisotopic (exact) mass is 186 g/mol. The first-order valence-electron chi connectivity index (χ1n) is 5.80. The second-order valence-electron chi connectivity index (χ2n) is 3.75. The number of hydrazine groups is 1. The standard InChI is InChI=1S/C11H26N2/c1-3-5-6-7-8-9-10-11-13(12)4-2/h3-12H2,1-2H3. The third kappa shape index (κ3) is 9.84. The van der Waals surface area contributed by atoms with Crippen molar-refractivity contribution in [2.45, 2.75) is 58.8 Å². The summed E-state index contributed by atoms with van der Waals surface area (Å²) in [6.07, 6.45) is 9.55. The van der Waals surface area contributed by atoms with Crippen LogP contribution in [0.25, 0.3) is 0 Å². The van der Waals surface area contributed by atoms with E-state index in [2.05, 4.69) is 13.8 Å². The highest BCUT2D eigenvalue weighted by Crippen LogP contribution is 2.06. The summed E-state index contributed by atoms with van der Waals surface area (Å²) in [6, 6.07) is 0. The zero-order valence-corrected chi connectivity index (χ0v) is 9.39. The van der Waals surface area contributed by atoms with Crippen LogP contribution in [0.3, 0.4) is 0 Å². The topological polar surface area (TPSA) is 29.3 Å². The van der Waals surface area contributed by atoms with Gasteiger partial charge in [0.25, 0.3) is 0 Å². The van der Waals surface area contributed by atoms with Gasteiger partial charge in [-0.25, -0.2) is 5.01 Å². The minimum atomic E-state index is 0.968. The molecule has 0 spiro atoms. The van der Waals surface area contributed by atoms with Crippen molar-refractivity contribution < 1.29 is 0 Å². The lowest BCUT2D eigenvalue weighted by Crippen LogP contribution is -2.31. The van der Waals surface area contributed by atoms with E-state index in [4.69, 9.17) is 5.84 Å². The highest BCUT2D eigenvalue weighted by atomic mass is 15.4. The van der Waals surface area contributed by atoms with Crippen LogP contribution in [0.1, 0.15) is 58.8 Å². The first-order valence-corrected chi connectivity index (χ1v) is 5.80. The molecule has 0 unspecified atom stereocenters. The fraction of sp³-hybridized carbons (Fsp3) is 1.00. The van der Waals surface area contributed by atoms with Crippen LogP contribution in [-0.4, -0.2) is 18.1 Å². The Balaban J connectivity index is 2.91. The second-order valence-corrected chi connectivity index (χ2v) is 3.75. The molecular weight excluding hydrogens is 160 g/mol. The zero-order chi connectivity index (χ0) is 9.94. The van der Waals surface area contributed by atoms with E-state index < -0.39 is 0 Å². The summed E-state index contributed by atoms with van der Waals surface area (Å²) >= 11 is 0. The molecule has 0 aliphatic heterocycles. The van der Waals surface area contributed by atoms with Gasteiger partial charge in [-0.2, -0.15) is 0 Å². The summed E-state index contributed by atoms with van der Waals surface area (Å²) in [5.41, 5.74) is 0. The molecule has 2 N–H and O–H groups in total. The van der Waals surface area contributed by atoms with Gasteiger partial charge in [0.1, 0.15) is 0 Å². The average Bonchev–Trinajstić information content (AvgIpc) is 2.16. The van der Waals surface area contributed by atoms with E-state index in [9.17, 15) is 0 Å². The first kappa shape index (κ1) is 12.9. The molecule has 0 aromatic rings.